The van der Waals surface area contributed by atoms with Gasteiger partial charge in [0.15, 0.2) is 5.82 Å². The third-order valence-electron chi connectivity index (χ3n) is 5.42. The van der Waals surface area contributed by atoms with E-state index in [2.05, 4.69) is 15.7 Å². The molecule has 0 saturated carbocycles. The highest BCUT2D eigenvalue weighted by Crippen LogP contribution is 2.27. The fourth-order valence-corrected chi connectivity index (χ4v) is 3.76. The SMILES string of the molecule is Cc1ccccc1-c1nn(-c2ccc(F)cc2F)cc1CN[C@H]1CCCCNC1=O. The third-order valence-corrected chi connectivity index (χ3v) is 5.42. The maximum Gasteiger partial charge on any atom is 0.237 e. The van der Waals surface area contributed by atoms with Crippen molar-refractivity contribution in [3.05, 3.63) is 71.4 Å². The average Bonchev–Trinajstić information content (AvgIpc) is 3.02. The summed E-state index contributed by atoms with van der Waals surface area (Å²) in [6.45, 7) is 3.10. The van der Waals surface area contributed by atoms with Gasteiger partial charge in [-0.2, -0.15) is 5.10 Å². The summed E-state index contributed by atoms with van der Waals surface area (Å²) in [7, 11) is 0. The molecular weight excluding hydrogens is 386 g/mol. The number of aryl methyl sites for hydroxylation is 1. The molecule has 4 rings (SSSR count). The molecule has 1 aliphatic heterocycles. The molecule has 30 heavy (non-hydrogen) atoms. The number of carbonyl (C=O) groups is 1. The fraction of sp³-hybridized carbons (Fsp3) is 0.304. The van der Waals surface area contributed by atoms with Gasteiger partial charge in [0.25, 0.3) is 0 Å². The molecule has 1 amide bonds. The standard InChI is InChI=1S/C23H24F2N4O/c1-15-6-2-3-7-18(15)22-16(13-27-20-8-4-5-11-26-23(20)30)14-29(28-22)21-10-9-17(24)12-19(21)25/h2-3,6-7,9-10,12,14,20,27H,4-5,8,11,13H2,1H3,(H,26,30)/t20-/m0/s1. The first-order valence-corrected chi connectivity index (χ1v) is 10.1. The molecule has 1 aliphatic rings. The van der Waals surface area contributed by atoms with Crippen LogP contribution in [0.5, 0.6) is 0 Å². The highest BCUT2D eigenvalue weighted by molar-refractivity contribution is 5.82. The Labute approximate surface area is 174 Å². The third kappa shape index (κ3) is 4.26. The van der Waals surface area contributed by atoms with Crippen molar-refractivity contribution in [3.8, 4) is 16.9 Å². The van der Waals surface area contributed by atoms with Crippen LogP contribution in [-0.2, 0) is 11.3 Å². The first kappa shape index (κ1) is 20.2. The van der Waals surface area contributed by atoms with Crippen LogP contribution >= 0.6 is 0 Å². The zero-order chi connectivity index (χ0) is 21.1. The van der Waals surface area contributed by atoms with Crippen LogP contribution in [0.4, 0.5) is 8.78 Å². The Hall–Kier alpha value is -3.06. The summed E-state index contributed by atoms with van der Waals surface area (Å²) in [6.07, 6.45) is 4.45. The molecule has 7 heteroatoms. The molecule has 0 unspecified atom stereocenters. The largest absolute Gasteiger partial charge is 0.355 e. The van der Waals surface area contributed by atoms with Crippen LogP contribution in [-0.4, -0.2) is 28.3 Å². The number of nitrogens with zero attached hydrogens (tertiary/aromatic N) is 2. The summed E-state index contributed by atoms with van der Waals surface area (Å²) >= 11 is 0. The maximum atomic E-state index is 14.4. The maximum absolute atomic E-state index is 14.4. The highest BCUT2D eigenvalue weighted by Gasteiger charge is 2.22. The highest BCUT2D eigenvalue weighted by atomic mass is 19.1. The molecule has 3 aromatic rings. The summed E-state index contributed by atoms with van der Waals surface area (Å²) in [6, 6.07) is 11.0. The molecule has 2 heterocycles. The number of amides is 1. The summed E-state index contributed by atoms with van der Waals surface area (Å²) < 4.78 is 29.1. The summed E-state index contributed by atoms with van der Waals surface area (Å²) in [4.78, 5) is 12.3. The van der Waals surface area contributed by atoms with Crippen LogP contribution in [0.1, 0.15) is 30.4 Å². The number of nitrogens with one attached hydrogen (secondary N) is 2. The van der Waals surface area contributed by atoms with E-state index in [1.54, 1.807) is 6.20 Å². The number of rotatable bonds is 5. The first-order chi connectivity index (χ1) is 14.5. The predicted octanol–water partition coefficient (Wildman–Crippen LogP) is 3.88. The second-order valence-corrected chi connectivity index (χ2v) is 7.58. The van der Waals surface area contributed by atoms with E-state index in [4.69, 9.17) is 0 Å². The van der Waals surface area contributed by atoms with Gasteiger partial charge in [0.2, 0.25) is 5.91 Å². The number of hydrogen-bond donors (Lipinski definition) is 2. The van der Waals surface area contributed by atoms with E-state index in [9.17, 15) is 13.6 Å². The molecule has 5 nitrogen and oxygen atoms in total. The minimum atomic E-state index is -0.684. The van der Waals surface area contributed by atoms with Gasteiger partial charge in [-0.3, -0.25) is 4.79 Å². The Bertz CT molecular complexity index is 1060. The quantitative estimate of drug-likeness (QED) is 0.671. The van der Waals surface area contributed by atoms with Crippen molar-refractivity contribution in [1.82, 2.24) is 20.4 Å². The van der Waals surface area contributed by atoms with E-state index in [1.807, 2.05) is 31.2 Å². The van der Waals surface area contributed by atoms with Gasteiger partial charge in [0, 0.05) is 36.5 Å². The minimum Gasteiger partial charge on any atom is -0.355 e. The Morgan fingerprint density at radius 3 is 2.83 bits per heavy atom. The van der Waals surface area contributed by atoms with Gasteiger partial charge in [0.1, 0.15) is 11.5 Å². The molecule has 0 radical (unpaired) electrons. The van der Waals surface area contributed by atoms with Gasteiger partial charge in [-0.05, 0) is 43.9 Å². The van der Waals surface area contributed by atoms with Gasteiger partial charge < -0.3 is 10.6 Å². The lowest BCUT2D eigenvalue weighted by molar-refractivity contribution is -0.122. The molecule has 0 aliphatic carbocycles. The van der Waals surface area contributed by atoms with E-state index in [0.29, 0.717) is 18.8 Å². The van der Waals surface area contributed by atoms with Gasteiger partial charge in [-0.15, -0.1) is 0 Å². The van der Waals surface area contributed by atoms with Crippen LogP contribution < -0.4 is 10.6 Å². The number of aromatic nitrogens is 2. The fourth-order valence-electron chi connectivity index (χ4n) is 3.76. The predicted molar refractivity (Wildman–Crippen MR) is 111 cm³/mol. The van der Waals surface area contributed by atoms with E-state index < -0.39 is 11.6 Å². The monoisotopic (exact) mass is 410 g/mol. The summed E-state index contributed by atoms with van der Waals surface area (Å²) in [5, 5.41) is 10.9. The lowest BCUT2D eigenvalue weighted by Crippen LogP contribution is -2.42. The van der Waals surface area contributed by atoms with Gasteiger partial charge in [0.05, 0.1) is 11.7 Å². The number of carbonyl (C=O) groups excluding carboxylic acids is 1. The zero-order valence-electron chi connectivity index (χ0n) is 16.8. The normalized spacial score (nSPS) is 16.9. The summed E-state index contributed by atoms with van der Waals surface area (Å²) in [5.41, 5.74) is 3.68. The number of hydrogen-bond acceptors (Lipinski definition) is 3. The molecule has 1 aromatic heterocycles. The van der Waals surface area contributed by atoms with Gasteiger partial charge >= 0.3 is 0 Å². The smallest absolute Gasteiger partial charge is 0.237 e. The Balaban J connectivity index is 1.69. The van der Waals surface area contributed by atoms with Gasteiger partial charge in [-0.25, -0.2) is 13.5 Å². The van der Waals surface area contributed by atoms with Crippen molar-refractivity contribution in [2.75, 3.05) is 6.54 Å². The molecule has 2 aromatic carbocycles. The molecule has 0 bridgehead atoms. The van der Waals surface area contributed by atoms with E-state index in [0.717, 1.165) is 42.0 Å². The minimum absolute atomic E-state index is 0.00177. The second kappa shape index (κ2) is 8.75. The molecule has 1 atom stereocenters. The molecule has 1 fully saturated rings. The van der Waals surface area contributed by atoms with Crippen LogP contribution in [0.2, 0.25) is 0 Å². The summed E-state index contributed by atoms with van der Waals surface area (Å²) in [5.74, 6) is -1.32. The zero-order valence-corrected chi connectivity index (χ0v) is 16.8. The average molecular weight is 410 g/mol. The van der Waals surface area contributed by atoms with Crippen molar-refractivity contribution in [2.24, 2.45) is 0 Å². The van der Waals surface area contributed by atoms with Gasteiger partial charge in [-0.1, -0.05) is 24.3 Å². The molecule has 156 valence electrons. The number of benzene rings is 2. The van der Waals surface area contributed by atoms with Crippen LogP contribution in [0, 0.1) is 18.6 Å². The molecule has 0 spiro atoms. The second-order valence-electron chi connectivity index (χ2n) is 7.58. The van der Waals surface area contributed by atoms with Crippen molar-refractivity contribution in [1.29, 1.82) is 0 Å². The lowest BCUT2D eigenvalue weighted by atomic mass is 10.0. The van der Waals surface area contributed by atoms with Crippen LogP contribution in [0.25, 0.3) is 16.9 Å². The van der Waals surface area contributed by atoms with Crippen molar-refractivity contribution >= 4 is 5.91 Å². The van der Waals surface area contributed by atoms with Crippen LogP contribution in [0.3, 0.4) is 0 Å². The topological polar surface area (TPSA) is 59.0 Å². The van der Waals surface area contributed by atoms with E-state index >= 15 is 0 Å². The molecule has 2 N–H and O–H groups in total. The van der Waals surface area contributed by atoms with Crippen LogP contribution in [0.15, 0.2) is 48.7 Å². The first-order valence-electron chi connectivity index (χ1n) is 10.1. The van der Waals surface area contributed by atoms with Crippen molar-refractivity contribution in [3.63, 3.8) is 0 Å². The molecular formula is C23H24F2N4O. The van der Waals surface area contributed by atoms with E-state index in [1.165, 1.54) is 16.8 Å². The van der Waals surface area contributed by atoms with E-state index in [-0.39, 0.29) is 17.6 Å². The van der Waals surface area contributed by atoms with Crippen molar-refractivity contribution in [2.45, 2.75) is 38.8 Å². The Morgan fingerprint density at radius 2 is 2.03 bits per heavy atom. The Kier molecular flexibility index (Phi) is 5.90. The Morgan fingerprint density at radius 1 is 1.20 bits per heavy atom. The van der Waals surface area contributed by atoms with Crippen molar-refractivity contribution < 1.29 is 13.6 Å². The molecule has 1 saturated heterocycles. The number of halogens is 2. The lowest BCUT2D eigenvalue weighted by Gasteiger charge is -2.15.